The lowest BCUT2D eigenvalue weighted by atomic mass is 10.1. The Morgan fingerprint density at radius 2 is 1.50 bits per heavy atom. The molecule has 1 aromatic rings. The highest BCUT2D eigenvalue weighted by atomic mass is 16.6. The summed E-state index contributed by atoms with van der Waals surface area (Å²) in [5.41, 5.74) is -0.0627. The SMILES string of the molecule is CC(=O)N1CCCC(C(=O)OC(C)(C)C)N1C(C)=O.O=C1CC[C@H](N2C(=O)c3ccccc3C2=O)C(=O)O1. The van der Waals surface area contributed by atoms with Gasteiger partial charge in [-0.15, -0.1) is 0 Å². The third-order valence-corrected chi connectivity index (χ3v) is 6.01. The van der Waals surface area contributed by atoms with Crippen molar-refractivity contribution in [1.82, 2.24) is 14.9 Å². The van der Waals surface area contributed by atoms with Gasteiger partial charge in [0.25, 0.3) is 11.8 Å². The fraction of sp³-hybridized carbons (Fsp3) is 0.500. The first-order valence-electron chi connectivity index (χ1n) is 12.2. The summed E-state index contributed by atoms with van der Waals surface area (Å²) in [5.74, 6) is -3.54. The van der Waals surface area contributed by atoms with Gasteiger partial charge >= 0.3 is 17.9 Å². The molecule has 204 valence electrons. The summed E-state index contributed by atoms with van der Waals surface area (Å²) in [6.07, 6.45) is 1.32. The lowest BCUT2D eigenvalue weighted by Gasteiger charge is -2.42. The van der Waals surface area contributed by atoms with E-state index in [-0.39, 0.29) is 35.8 Å². The highest BCUT2D eigenvalue weighted by Crippen LogP contribution is 2.28. The van der Waals surface area contributed by atoms with Crippen LogP contribution >= 0.6 is 0 Å². The van der Waals surface area contributed by atoms with Crippen LogP contribution in [0.2, 0.25) is 0 Å². The number of ether oxygens (including phenoxy) is 2. The quantitative estimate of drug-likeness (QED) is 0.317. The molecule has 3 aliphatic heterocycles. The molecule has 38 heavy (non-hydrogen) atoms. The van der Waals surface area contributed by atoms with Gasteiger partial charge in [-0.25, -0.2) is 14.6 Å². The molecule has 4 rings (SSSR count). The Balaban J connectivity index is 0.000000211. The summed E-state index contributed by atoms with van der Waals surface area (Å²) < 4.78 is 9.80. The summed E-state index contributed by atoms with van der Waals surface area (Å²) in [4.78, 5) is 83.2. The number of benzene rings is 1. The van der Waals surface area contributed by atoms with Crippen LogP contribution in [0.4, 0.5) is 0 Å². The van der Waals surface area contributed by atoms with Gasteiger partial charge in [-0.05, 0) is 52.2 Å². The summed E-state index contributed by atoms with van der Waals surface area (Å²) in [7, 11) is 0. The van der Waals surface area contributed by atoms with E-state index >= 15 is 0 Å². The van der Waals surface area contributed by atoms with E-state index in [4.69, 9.17) is 4.74 Å². The van der Waals surface area contributed by atoms with Crippen molar-refractivity contribution in [3.8, 4) is 0 Å². The van der Waals surface area contributed by atoms with Gasteiger partial charge in [0.2, 0.25) is 11.8 Å². The summed E-state index contributed by atoms with van der Waals surface area (Å²) in [5, 5.41) is 2.54. The number of fused-ring (bicyclic) bond motifs is 1. The average molecular weight is 530 g/mol. The fourth-order valence-corrected chi connectivity index (χ4v) is 4.45. The van der Waals surface area contributed by atoms with Crippen molar-refractivity contribution in [2.24, 2.45) is 0 Å². The molecule has 1 unspecified atom stereocenters. The number of carbonyl (C=O) groups excluding carboxylic acids is 7. The van der Waals surface area contributed by atoms with E-state index in [1.807, 2.05) is 0 Å². The van der Waals surface area contributed by atoms with Gasteiger partial charge in [0.05, 0.1) is 11.1 Å². The smallest absolute Gasteiger partial charge is 0.337 e. The average Bonchev–Trinajstić information content (AvgIpc) is 3.08. The molecule has 4 amide bonds. The Bertz CT molecular complexity index is 1150. The molecule has 0 spiro atoms. The van der Waals surface area contributed by atoms with Crippen LogP contribution in [-0.4, -0.2) is 80.7 Å². The molecule has 3 aliphatic rings. The van der Waals surface area contributed by atoms with Crippen LogP contribution < -0.4 is 0 Å². The molecule has 0 bridgehead atoms. The largest absolute Gasteiger partial charge is 0.458 e. The van der Waals surface area contributed by atoms with Crippen LogP contribution in [-0.2, 0) is 33.4 Å². The number of rotatable bonds is 2. The van der Waals surface area contributed by atoms with Crippen molar-refractivity contribution in [2.45, 2.75) is 78.0 Å². The summed E-state index contributed by atoms with van der Waals surface area (Å²) >= 11 is 0. The number of esters is 3. The van der Waals surface area contributed by atoms with Gasteiger partial charge in [-0.2, -0.15) is 0 Å². The molecule has 0 N–H and O–H groups in total. The summed E-state index contributed by atoms with van der Waals surface area (Å²) in [6, 6.07) is 4.65. The maximum Gasteiger partial charge on any atom is 0.337 e. The predicted molar refractivity (Wildman–Crippen MR) is 130 cm³/mol. The number of amides is 4. The molecule has 0 aromatic heterocycles. The van der Waals surface area contributed by atoms with Gasteiger partial charge in [0.1, 0.15) is 11.6 Å². The Hall–Kier alpha value is -4.09. The third kappa shape index (κ3) is 6.06. The van der Waals surface area contributed by atoms with E-state index in [1.165, 1.54) is 36.0 Å². The Morgan fingerprint density at radius 1 is 0.921 bits per heavy atom. The molecule has 0 aliphatic carbocycles. The first-order valence-corrected chi connectivity index (χ1v) is 12.2. The second-order valence-corrected chi connectivity index (χ2v) is 10.1. The number of carbonyl (C=O) groups is 7. The molecule has 12 heteroatoms. The first-order chi connectivity index (χ1) is 17.7. The van der Waals surface area contributed by atoms with Crippen LogP contribution in [0.5, 0.6) is 0 Å². The lowest BCUT2D eigenvalue weighted by molar-refractivity contribution is -0.187. The van der Waals surface area contributed by atoms with E-state index < -0.39 is 47.4 Å². The number of imide groups is 1. The van der Waals surface area contributed by atoms with Crippen LogP contribution in [0.15, 0.2) is 24.3 Å². The zero-order chi connectivity index (χ0) is 28.4. The molecule has 0 radical (unpaired) electrons. The van der Waals surface area contributed by atoms with Crippen LogP contribution in [0.3, 0.4) is 0 Å². The molecule has 2 fully saturated rings. The number of hydrogen-bond acceptors (Lipinski definition) is 9. The minimum absolute atomic E-state index is 0.0177. The topological polar surface area (TPSA) is 148 Å². The molecule has 2 atom stereocenters. The predicted octanol–water partition coefficient (Wildman–Crippen LogP) is 1.62. The molecule has 2 saturated heterocycles. The Kier molecular flexibility index (Phi) is 8.33. The molecule has 0 saturated carbocycles. The Labute approximate surface area is 219 Å². The molecular formula is C26H31N3O9. The molecule has 1 aromatic carbocycles. The summed E-state index contributed by atoms with van der Waals surface area (Å²) in [6.45, 7) is 8.50. The number of hydrazine groups is 1. The number of hydrogen-bond donors (Lipinski definition) is 0. The van der Waals surface area contributed by atoms with Crippen molar-refractivity contribution in [3.05, 3.63) is 35.4 Å². The second-order valence-electron chi connectivity index (χ2n) is 10.1. The van der Waals surface area contributed by atoms with E-state index in [2.05, 4.69) is 4.74 Å². The maximum atomic E-state index is 12.1. The van der Waals surface area contributed by atoms with E-state index in [9.17, 15) is 33.6 Å². The fourth-order valence-electron chi connectivity index (χ4n) is 4.45. The van der Waals surface area contributed by atoms with Crippen LogP contribution in [0.1, 0.15) is 81.0 Å². The van der Waals surface area contributed by atoms with Gasteiger partial charge in [0.15, 0.2) is 6.04 Å². The van der Waals surface area contributed by atoms with Crippen molar-refractivity contribution < 1.29 is 43.0 Å². The van der Waals surface area contributed by atoms with E-state index in [0.717, 1.165) is 4.90 Å². The third-order valence-electron chi connectivity index (χ3n) is 6.01. The van der Waals surface area contributed by atoms with Crippen LogP contribution in [0.25, 0.3) is 0 Å². The normalized spacial score (nSPS) is 21.3. The van der Waals surface area contributed by atoms with Gasteiger partial charge in [0, 0.05) is 26.8 Å². The van der Waals surface area contributed by atoms with Crippen molar-refractivity contribution in [3.63, 3.8) is 0 Å². The minimum atomic E-state index is -1.01. The second kappa shape index (κ2) is 11.1. The maximum absolute atomic E-state index is 12.1. The number of nitrogens with zero attached hydrogens (tertiary/aromatic N) is 3. The van der Waals surface area contributed by atoms with Crippen molar-refractivity contribution in [1.29, 1.82) is 0 Å². The zero-order valence-corrected chi connectivity index (χ0v) is 22.0. The van der Waals surface area contributed by atoms with Gasteiger partial charge < -0.3 is 9.47 Å². The molecule has 3 heterocycles. The van der Waals surface area contributed by atoms with Crippen LogP contribution in [0, 0.1) is 0 Å². The first kappa shape index (κ1) is 28.5. The van der Waals surface area contributed by atoms with Gasteiger partial charge in [-0.1, -0.05) is 12.1 Å². The highest BCUT2D eigenvalue weighted by Gasteiger charge is 2.45. The minimum Gasteiger partial charge on any atom is -0.458 e. The highest BCUT2D eigenvalue weighted by molar-refractivity contribution is 6.23. The zero-order valence-electron chi connectivity index (χ0n) is 22.0. The molecular weight excluding hydrogens is 498 g/mol. The lowest BCUT2D eigenvalue weighted by Crippen LogP contribution is -2.59. The molecule has 12 nitrogen and oxygen atoms in total. The number of cyclic esters (lactones) is 2. The standard InChI is InChI=1S/C13H22N2O4.C13H9NO5/c1-9(16)14-8-6-7-11(15(14)10(2)17)12(18)19-13(3,4)5;15-10-6-5-9(13(18)19-10)14-11(16)7-3-1-2-4-8(7)12(14)17/h11H,6-8H2,1-5H3;1-4,9H,5-6H2/t;9-/m.0/s1. The monoisotopic (exact) mass is 529 g/mol. The van der Waals surface area contributed by atoms with E-state index in [0.29, 0.717) is 19.4 Å². The van der Waals surface area contributed by atoms with E-state index in [1.54, 1.807) is 32.9 Å². The Morgan fingerprint density at radius 3 is 1.97 bits per heavy atom. The van der Waals surface area contributed by atoms with Crippen molar-refractivity contribution in [2.75, 3.05) is 6.54 Å². The van der Waals surface area contributed by atoms with Gasteiger partial charge in [-0.3, -0.25) is 33.9 Å². The van der Waals surface area contributed by atoms with Crippen molar-refractivity contribution >= 4 is 41.5 Å².